The van der Waals surface area contributed by atoms with Crippen LogP contribution in [0.2, 0.25) is 0 Å². The van der Waals surface area contributed by atoms with Gasteiger partial charge in [-0.1, -0.05) is 31.5 Å². The van der Waals surface area contributed by atoms with Crippen LogP contribution in [0.1, 0.15) is 37.3 Å². The van der Waals surface area contributed by atoms with Gasteiger partial charge in [0.05, 0.1) is 10.7 Å². The Hall–Kier alpha value is -2.42. The monoisotopic (exact) mass is 377 g/mol. The van der Waals surface area contributed by atoms with Crippen LogP contribution < -0.4 is 5.32 Å². The highest BCUT2D eigenvalue weighted by molar-refractivity contribution is 7.99. The molecule has 1 heterocycles. The normalized spacial score (nSPS) is 10.7. The molecule has 2 rings (SSSR count). The largest absolute Gasteiger partial charge is 0.320 e. The zero-order valence-corrected chi connectivity index (χ0v) is 16.0. The van der Waals surface area contributed by atoms with Gasteiger partial charge in [0.25, 0.3) is 5.69 Å². The van der Waals surface area contributed by atoms with E-state index in [9.17, 15) is 14.9 Å². The molecule has 0 atom stereocenters. The number of nitro benzene ring substituents is 1. The van der Waals surface area contributed by atoms with Crippen molar-refractivity contribution in [3.8, 4) is 0 Å². The SMILES string of the molecule is CCCCCn1cnnc1SCC(=O)Nc1cc(C)c(C)cc1[N+](=O)[O-]. The van der Waals surface area contributed by atoms with Gasteiger partial charge >= 0.3 is 0 Å². The molecule has 0 saturated carbocycles. The highest BCUT2D eigenvalue weighted by atomic mass is 32.2. The number of unbranched alkanes of at least 4 members (excludes halogenated alkanes) is 2. The number of aromatic nitrogens is 3. The van der Waals surface area contributed by atoms with Gasteiger partial charge in [0, 0.05) is 12.6 Å². The summed E-state index contributed by atoms with van der Waals surface area (Å²) in [6.07, 6.45) is 4.94. The van der Waals surface area contributed by atoms with Gasteiger partial charge in [-0.2, -0.15) is 0 Å². The van der Waals surface area contributed by atoms with E-state index in [1.807, 2.05) is 11.5 Å². The van der Waals surface area contributed by atoms with Crippen LogP contribution in [0, 0.1) is 24.0 Å². The Kier molecular flexibility index (Phi) is 7.14. The van der Waals surface area contributed by atoms with E-state index in [-0.39, 0.29) is 23.0 Å². The lowest BCUT2D eigenvalue weighted by Crippen LogP contribution is -2.16. The number of carbonyl (C=O) groups is 1. The number of rotatable bonds is 9. The van der Waals surface area contributed by atoms with E-state index in [2.05, 4.69) is 22.4 Å². The van der Waals surface area contributed by atoms with Crippen molar-refractivity contribution in [2.45, 2.75) is 51.7 Å². The second kappa shape index (κ2) is 9.33. The van der Waals surface area contributed by atoms with Crippen LogP contribution in [0.3, 0.4) is 0 Å². The molecule has 26 heavy (non-hydrogen) atoms. The maximum Gasteiger partial charge on any atom is 0.293 e. The third-order valence-electron chi connectivity index (χ3n) is 4.00. The first-order valence-electron chi connectivity index (χ1n) is 8.48. The van der Waals surface area contributed by atoms with Crippen LogP contribution in [-0.2, 0) is 11.3 Å². The maximum atomic E-state index is 12.2. The summed E-state index contributed by atoms with van der Waals surface area (Å²) in [5.74, 6) is -0.208. The van der Waals surface area contributed by atoms with Crippen LogP contribution in [-0.4, -0.2) is 31.3 Å². The fourth-order valence-electron chi connectivity index (χ4n) is 2.41. The fraction of sp³-hybridized carbons (Fsp3) is 0.471. The fourth-order valence-corrected chi connectivity index (χ4v) is 3.15. The molecule has 0 fully saturated rings. The number of benzene rings is 1. The highest BCUT2D eigenvalue weighted by Crippen LogP contribution is 2.28. The van der Waals surface area contributed by atoms with Gasteiger partial charge < -0.3 is 9.88 Å². The molecule has 0 bridgehead atoms. The van der Waals surface area contributed by atoms with E-state index in [4.69, 9.17) is 0 Å². The van der Waals surface area contributed by atoms with Crippen molar-refractivity contribution in [1.29, 1.82) is 0 Å². The van der Waals surface area contributed by atoms with Gasteiger partial charge in [0.1, 0.15) is 12.0 Å². The van der Waals surface area contributed by atoms with E-state index < -0.39 is 4.92 Å². The standard InChI is InChI=1S/C17H23N5O3S/c1-4-5-6-7-21-11-18-20-17(21)26-10-16(23)19-14-8-12(2)13(3)9-15(14)22(24)25/h8-9,11H,4-7,10H2,1-3H3,(H,19,23). The molecule has 1 amide bonds. The van der Waals surface area contributed by atoms with Gasteiger partial charge in [-0.15, -0.1) is 10.2 Å². The topological polar surface area (TPSA) is 103 Å². The third-order valence-corrected chi connectivity index (χ3v) is 4.98. The quantitative estimate of drug-likeness (QED) is 0.309. The van der Waals surface area contributed by atoms with Crippen molar-refractivity contribution in [3.63, 3.8) is 0 Å². The number of nitrogens with zero attached hydrogens (tertiary/aromatic N) is 4. The van der Waals surface area contributed by atoms with E-state index >= 15 is 0 Å². The van der Waals surface area contributed by atoms with Gasteiger partial charge in [-0.05, 0) is 37.5 Å². The molecule has 0 spiro atoms. The summed E-state index contributed by atoms with van der Waals surface area (Å²) < 4.78 is 1.92. The number of aryl methyl sites for hydroxylation is 3. The summed E-state index contributed by atoms with van der Waals surface area (Å²) >= 11 is 1.27. The molecule has 0 radical (unpaired) electrons. The molecule has 0 aliphatic carbocycles. The second-order valence-corrected chi connectivity index (χ2v) is 7.00. The molecular weight excluding hydrogens is 354 g/mol. The van der Waals surface area contributed by atoms with Gasteiger partial charge in [0.2, 0.25) is 5.91 Å². The molecule has 1 N–H and O–H groups in total. The number of hydrogen-bond donors (Lipinski definition) is 1. The minimum Gasteiger partial charge on any atom is -0.320 e. The molecule has 9 heteroatoms. The smallest absolute Gasteiger partial charge is 0.293 e. The lowest BCUT2D eigenvalue weighted by molar-refractivity contribution is -0.384. The first-order valence-corrected chi connectivity index (χ1v) is 9.47. The lowest BCUT2D eigenvalue weighted by Gasteiger charge is -2.09. The van der Waals surface area contributed by atoms with Crippen molar-refractivity contribution in [3.05, 3.63) is 39.7 Å². The molecule has 2 aromatic rings. The Bertz CT molecular complexity index is 791. The maximum absolute atomic E-state index is 12.2. The second-order valence-electron chi connectivity index (χ2n) is 6.06. The van der Waals surface area contributed by atoms with Crippen LogP contribution in [0.4, 0.5) is 11.4 Å². The minimum absolute atomic E-state index is 0.103. The van der Waals surface area contributed by atoms with Gasteiger partial charge in [-0.3, -0.25) is 14.9 Å². The molecule has 0 unspecified atom stereocenters. The number of thioether (sulfide) groups is 1. The van der Waals surface area contributed by atoms with Gasteiger partial charge in [0.15, 0.2) is 5.16 Å². The Morgan fingerprint density at radius 2 is 2.04 bits per heavy atom. The van der Waals surface area contributed by atoms with E-state index in [1.165, 1.54) is 17.8 Å². The summed E-state index contributed by atoms with van der Waals surface area (Å²) in [4.78, 5) is 23.0. The average molecular weight is 377 g/mol. The number of nitro groups is 1. The zero-order valence-electron chi connectivity index (χ0n) is 15.2. The number of anilines is 1. The molecule has 140 valence electrons. The van der Waals surface area contributed by atoms with E-state index in [0.717, 1.165) is 36.9 Å². The Labute approximate surface area is 156 Å². The molecule has 0 aliphatic heterocycles. The Morgan fingerprint density at radius 3 is 2.73 bits per heavy atom. The first-order chi connectivity index (χ1) is 12.4. The molecular formula is C17H23N5O3S. The van der Waals surface area contributed by atoms with E-state index in [1.54, 1.807) is 19.3 Å². The molecule has 1 aromatic heterocycles. The number of carbonyl (C=O) groups excluding carboxylic acids is 1. The Morgan fingerprint density at radius 1 is 1.31 bits per heavy atom. The zero-order chi connectivity index (χ0) is 19.1. The predicted octanol–water partition coefficient (Wildman–Crippen LogP) is 3.72. The average Bonchev–Trinajstić information content (AvgIpc) is 3.03. The van der Waals surface area contributed by atoms with Crippen LogP contribution in [0.5, 0.6) is 0 Å². The van der Waals surface area contributed by atoms with Crippen LogP contribution >= 0.6 is 11.8 Å². The minimum atomic E-state index is -0.487. The summed E-state index contributed by atoms with van der Waals surface area (Å²) in [5, 5.41) is 22.4. The first kappa shape index (κ1) is 19.9. The van der Waals surface area contributed by atoms with E-state index in [0.29, 0.717) is 5.16 Å². The van der Waals surface area contributed by atoms with Crippen molar-refractivity contribution in [1.82, 2.24) is 14.8 Å². The van der Waals surface area contributed by atoms with Crippen molar-refractivity contribution in [2.75, 3.05) is 11.1 Å². The number of nitrogens with one attached hydrogen (secondary N) is 1. The summed E-state index contributed by atoms with van der Waals surface area (Å²) in [7, 11) is 0. The molecule has 0 saturated heterocycles. The molecule has 1 aromatic carbocycles. The Balaban J connectivity index is 1.99. The highest BCUT2D eigenvalue weighted by Gasteiger charge is 2.18. The van der Waals surface area contributed by atoms with Crippen molar-refractivity contribution in [2.24, 2.45) is 0 Å². The third kappa shape index (κ3) is 5.29. The van der Waals surface area contributed by atoms with Crippen LogP contribution in [0.25, 0.3) is 0 Å². The summed E-state index contributed by atoms with van der Waals surface area (Å²) in [6, 6.07) is 3.10. The summed E-state index contributed by atoms with van der Waals surface area (Å²) in [6.45, 7) is 6.60. The number of amides is 1. The van der Waals surface area contributed by atoms with Gasteiger partial charge in [-0.25, -0.2) is 0 Å². The van der Waals surface area contributed by atoms with Crippen molar-refractivity contribution >= 4 is 29.0 Å². The number of hydrogen-bond acceptors (Lipinski definition) is 6. The molecule has 0 aliphatic rings. The molecule has 8 nitrogen and oxygen atoms in total. The summed E-state index contributed by atoms with van der Waals surface area (Å²) in [5.41, 5.74) is 1.81. The lowest BCUT2D eigenvalue weighted by atomic mass is 10.1. The van der Waals surface area contributed by atoms with Crippen molar-refractivity contribution < 1.29 is 9.72 Å². The predicted molar refractivity (Wildman–Crippen MR) is 101 cm³/mol. The van der Waals surface area contributed by atoms with Crippen LogP contribution in [0.15, 0.2) is 23.6 Å².